The third-order valence-electron chi connectivity index (χ3n) is 3.90. The van der Waals surface area contributed by atoms with Crippen molar-refractivity contribution >= 4 is 23.2 Å². The molecule has 0 unspecified atom stereocenters. The van der Waals surface area contributed by atoms with Crippen LogP contribution in [0.4, 0.5) is 5.69 Å². The summed E-state index contributed by atoms with van der Waals surface area (Å²) >= 11 is 6.24. The second-order valence-electron chi connectivity index (χ2n) is 5.25. The van der Waals surface area contributed by atoms with Crippen LogP contribution in [0, 0.1) is 0 Å². The average molecular weight is 302 g/mol. The van der Waals surface area contributed by atoms with Gasteiger partial charge in [-0.05, 0) is 36.6 Å². The van der Waals surface area contributed by atoms with Crippen LogP contribution in [0.15, 0.2) is 48.5 Å². The molecule has 4 heteroatoms. The Morgan fingerprint density at radius 2 is 1.95 bits per heavy atom. The monoisotopic (exact) mass is 301 g/mol. The molecule has 1 aliphatic carbocycles. The minimum atomic E-state index is -0.485. The summed E-state index contributed by atoms with van der Waals surface area (Å²) in [4.78, 5) is 12.6. The standard InChI is InChI=1S/C17H16ClNO2/c1-21-13-6-4-5-12(11-13)19-16(20)17(9-10-17)14-7-2-3-8-15(14)18/h2-8,11H,9-10H2,1H3,(H,19,20). The number of hydrogen-bond donors (Lipinski definition) is 1. The fraction of sp³-hybridized carbons (Fsp3) is 0.235. The maximum absolute atomic E-state index is 12.6. The number of carbonyl (C=O) groups is 1. The van der Waals surface area contributed by atoms with Crippen LogP contribution in [0.1, 0.15) is 18.4 Å². The van der Waals surface area contributed by atoms with Crippen LogP contribution < -0.4 is 10.1 Å². The summed E-state index contributed by atoms with van der Waals surface area (Å²) in [6.07, 6.45) is 1.65. The summed E-state index contributed by atoms with van der Waals surface area (Å²) in [5.74, 6) is 0.708. The van der Waals surface area contributed by atoms with Crippen molar-refractivity contribution in [2.45, 2.75) is 18.3 Å². The van der Waals surface area contributed by atoms with Crippen molar-refractivity contribution < 1.29 is 9.53 Å². The number of carbonyl (C=O) groups excluding carboxylic acids is 1. The lowest BCUT2D eigenvalue weighted by Gasteiger charge is -2.17. The first-order chi connectivity index (χ1) is 10.2. The van der Waals surface area contributed by atoms with E-state index in [-0.39, 0.29) is 5.91 Å². The third kappa shape index (κ3) is 2.61. The number of methoxy groups -OCH3 is 1. The molecule has 1 saturated carbocycles. The van der Waals surface area contributed by atoms with Crippen molar-refractivity contribution in [3.8, 4) is 5.75 Å². The highest BCUT2D eigenvalue weighted by Crippen LogP contribution is 2.51. The molecule has 1 N–H and O–H groups in total. The third-order valence-corrected chi connectivity index (χ3v) is 4.23. The molecular formula is C17H16ClNO2. The predicted octanol–water partition coefficient (Wildman–Crippen LogP) is 4.02. The zero-order valence-electron chi connectivity index (χ0n) is 11.7. The number of nitrogens with one attached hydrogen (secondary N) is 1. The molecule has 0 saturated heterocycles. The van der Waals surface area contributed by atoms with Gasteiger partial charge >= 0.3 is 0 Å². The maximum atomic E-state index is 12.6. The van der Waals surface area contributed by atoms with Crippen molar-refractivity contribution in [2.24, 2.45) is 0 Å². The minimum absolute atomic E-state index is 0.0103. The molecule has 0 radical (unpaired) electrons. The van der Waals surface area contributed by atoms with E-state index in [9.17, 15) is 4.79 Å². The first kappa shape index (κ1) is 14.0. The first-order valence-corrected chi connectivity index (χ1v) is 7.24. The Kier molecular flexibility index (Phi) is 3.60. The van der Waals surface area contributed by atoms with E-state index in [1.807, 2.05) is 42.5 Å². The molecule has 3 rings (SSSR count). The topological polar surface area (TPSA) is 38.3 Å². The lowest BCUT2D eigenvalue weighted by atomic mass is 9.95. The SMILES string of the molecule is COc1cccc(NC(=O)C2(c3ccccc3Cl)CC2)c1. The Labute approximate surface area is 128 Å². The van der Waals surface area contributed by atoms with E-state index >= 15 is 0 Å². The normalized spacial score (nSPS) is 15.3. The quantitative estimate of drug-likeness (QED) is 0.926. The van der Waals surface area contributed by atoms with Crippen molar-refractivity contribution in [3.63, 3.8) is 0 Å². The lowest BCUT2D eigenvalue weighted by molar-refractivity contribution is -0.118. The van der Waals surface area contributed by atoms with Gasteiger partial charge in [-0.15, -0.1) is 0 Å². The maximum Gasteiger partial charge on any atom is 0.235 e. The Hall–Kier alpha value is -2.00. The number of anilines is 1. The van der Waals surface area contributed by atoms with Crippen molar-refractivity contribution in [3.05, 3.63) is 59.1 Å². The van der Waals surface area contributed by atoms with Gasteiger partial charge in [0.1, 0.15) is 5.75 Å². The lowest BCUT2D eigenvalue weighted by Crippen LogP contribution is -2.28. The molecular weight excluding hydrogens is 286 g/mol. The molecule has 0 spiro atoms. The second-order valence-corrected chi connectivity index (χ2v) is 5.66. The molecule has 1 aliphatic rings. The highest BCUT2D eigenvalue weighted by atomic mass is 35.5. The number of ether oxygens (including phenoxy) is 1. The van der Waals surface area contributed by atoms with Crippen LogP contribution in [0.2, 0.25) is 5.02 Å². The summed E-state index contributed by atoms with van der Waals surface area (Å²) in [6.45, 7) is 0. The van der Waals surface area contributed by atoms with Gasteiger partial charge in [-0.1, -0.05) is 35.9 Å². The van der Waals surface area contributed by atoms with E-state index in [4.69, 9.17) is 16.3 Å². The molecule has 2 aromatic carbocycles. The fourth-order valence-electron chi connectivity index (χ4n) is 2.54. The highest BCUT2D eigenvalue weighted by Gasteiger charge is 2.52. The summed E-state index contributed by atoms with van der Waals surface area (Å²) in [5.41, 5.74) is 1.16. The molecule has 108 valence electrons. The van der Waals surface area contributed by atoms with Crippen molar-refractivity contribution in [2.75, 3.05) is 12.4 Å². The molecule has 0 heterocycles. The van der Waals surface area contributed by atoms with E-state index in [0.717, 1.165) is 29.8 Å². The van der Waals surface area contributed by atoms with Gasteiger partial charge < -0.3 is 10.1 Å². The Morgan fingerprint density at radius 3 is 2.62 bits per heavy atom. The molecule has 1 fully saturated rings. The summed E-state index contributed by atoms with van der Waals surface area (Å²) in [7, 11) is 1.60. The molecule has 2 aromatic rings. The number of benzene rings is 2. The molecule has 1 amide bonds. The van der Waals surface area contributed by atoms with Gasteiger partial charge in [-0.25, -0.2) is 0 Å². The van der Waals surface area contributed by atoms with Crippen LogP contribution in [-0.4, -0.2) is 13.0 Å². The second kappa shape index (κ2) is 5.41. The number of halogens is 1. The van der Waals surface area contributed by atoms with Crippen molar-refractivity contribution in [1.82, 2.24) is 0 Å². The molecule has 0 bridgehead atoms. The van der Waals surface area contributed by atoms with Gasteiger partial charge in [0, 0.05) is 16.8 Å². The zero-order chi connectivity index (χ0) is 14.9. The van der Waals surface area contributed by atoms with E-state index in [1.54, 1.807) is 13.2 Å². The van der Waals surface area contributed by atoms with Crippen LogP contribution in [-0.2, 0) is 10.2 Å². The van der Waals surface area contributed by atoms with Crippen molar-refractivity contribution in [1.29, 1.82) is 0 Å². The van der Waals surface area contributed by atoms with Crippen LogP contribution in [0.5, 0.6) is 5.75 Å². The highest BCUT2D eigenvalue weighted by molar-refractivity contribution is 6.32. The Morgan fingerprint density at radius 1 is 1.19 bits per heavy atom. The number of amides is 1. The smallest absolute Gasteiger partial charge is 0.235 e. The molecule has 21 heavy (non-hydrogen) atoms. The van der Waals surface area contributed by atoms with E-state index in [1.165, 1.54) is 0 Å². The van der Waals surface area contributed by atoms with Crippen LogP contribution in [0.25, 0.3) is 0 Å². The fourth-order valence-corrected chi connectivity index (χ4v) is 2.86. The zero-order valence-corrected chi connectivity index (χ0v) is 12.5. The first-order valence-electron chi connectivity index (χ1n) is 6.86. The van der Waals surface area contributed by atoms with Gasteiger partial charge in [0.25, 0.3) is 0 Å². The summed E-state index contributed by atoms with van der Waals surface area (Å²) < 4.78 is 5.17. The summed E-state index contributed by atoms with van der Waals surface area (Å²) in [6, 6.07) is 14.9. The minimum Gasteiger partial charge on any atom is -0.497 e. The van der Waals surface area contributed by atoms with Gasteiger partial charge in [0.05, 0.1) is 12.5 Å². The molecule has 0 atom stereocenters. The van der Waals surface area contributed by atoms with Gasteiger partial charge in [-0.3, -0.25) is 4.79 Å². The Bertz CT molecular complexity index is 680. The van der Waals surface area contributed by atoms with Gasteiger partial charge in [-0.2, -0.15) is 0 Å². The molecule has 0 aliphatic heterocycles. The van der Waals surface area contributed by atoms with E-state index in [2.05, 4.69) is 5.32 Å². The average Bonchev–Trinajstić information content (AvgIpc) is 3.29. The van der Waals surface area contributed by atoms with E-state index < -0.39 is 5.41 Å². The number of rotatable bonds is 4. The largest absolute Gasteiger partial charge is 0.497 e. The van der Waals surface area contributed by atoms with Crippen LogP contribution in [0.3, 0.4) is 0 Å². The Balaban J connectivity index is 1.84. The molecule has 3 nitrogen and oxygen atoms in total. The molecule has 0 aromatic heterocycles. The van der Waals surface area contributed by atoms with Crippen LogP contribution >= 0.6 is 11.6 Å². The predicted molar refractivity (Wildman–Crippen MR) is 84.0 cm³/mol. The van der Waals surface area contributed by atoms with Gasteiger partial charge in [0.2, 0.25) is 5.91 Å². The van der Waals surface area contributed by atoms with Gasteiger partial charge in [0.15, 0.2) is 0 Å². The van der Waals surface area contributed by atoms with E-state index in [0.29, 0.717) is 5.02 Å². The number of hydrogen-bond acceptors (Lipinski definition) is 2. The summed E-state index contributed by atoms with van der Waals surface area (Å²) in [5, 5.41) is 3.62.